The third-order valence-electron chi connectivity index (χ3n) is 4.38. The molecule has 2 heterocycles. The van der Waals surface area contributed by atoms with E-state index in [-0.39, 0.29) is 22.8 Å². The largest absolute Gasteiger partial charge is 0.508 e. The van der Waals surface area contributed by atoms with Gasteiger partial charge in [0.2, 0.25) is 0 Å². The van der Waals surface area contributed by atoms with Crippen LogP contribution in [0.1, 0.15) is 32.8 Å². The Bertz CT molecular complexity index is 979. The fraction of sp³-hybridized carbons (Fsp3) is 0.222. The second-order valence-corrected chi connectivity index (χ2v) is 6.11. The maximum absolute atomic E-state index is 12.0. The first kappa shape index (κ1) is 16.6. The molecule has 7 heteroatoms. The van der Waals surface area contributed by atoms with Crippen molar-refractivity contribution in [3.8, 4) is 22.9 Å². The molecule has 0 fully saturated rings. The summed E-state index contributed by atoms with van der Waals surface area (Å²) in [6.07, 6.45) is 0. The van der Waals surface area contributed by atoms with Crippen LogP contribution in [0.2, 0.25) is 0 Å². The number of nitrogen functional groups attached to an aromatic ring is 1. The number of hydrogen-bond acceptors (Lipinski definition) is 5. The van der Waals surface area contributed by atoms with Crippen LogP contribution >= 0.6 is 0 Å². The molecule has 3 rings (SSSR count). The second-order valence-electron chi connectivity index (χ2n) is 6.11. The van der Waals surface area contributed by atoms with Gasteiger partial charge >= 0.3 is 0 Å². The highest BCUT2D eigenvalue weighted by molar-refractivity contribution is 6.03. The molecule has 0 spiro atoms. The number of aromatic nitrogens is 2. The monoisotopic (exact) mass is 340 g/mol. The quantitative estimate of drug-likeness (QED) is 0.677. The Kier molecular flexibility index (Phi) is 3.79. The minimum absolute atomic E-state index is 0.0934. The molecule has 0 aliphatic carbocycles. The second kappa shape index (κ2) is 5.70. The summed E-state index contributed by atoms with van der Waals surface area (Å²) in [5, 5.41) is 14.5. The van der Waals surface area contributed by atoms with E-state index >= 15 is 0 Å². The van der Waals surface area contributed by atoms with E-state index in [1.54, 1.807) is 25.1 Å². The highest BCUT2D eigenvalue weighted by Gasteiger charge is 2.26. The number of phenolic OH excluding ortho intramolecular Hbond substituents is 1. The number of furan rings is 1. The van der Waals surface area contributed by atoms with Crippen molar-refractivity contribution in [2.45, 2.75) is 27.7 Å². The van der Waals surface area contributed by atoms with Gasteiger partial charge in [-0.25, -0.2) is 4.68 Å². The zero-order valence-corrected chi connectivity index (χ0v) is 14.5. The lowest BCUT2D eigenvalue weighted by Crippen LogP contribution is -2.14. The summed E-state index contributed by atoms with van der Waals surface area (Å²) in [6.45, 7) is 7.35. The number of nitrogens with two attached hydrogens (primary N) is 2. The number of rotatable bonds is 3. The molecule has 5 N–H and O–H groups in total. The smallest absolute Gasteiger partial charge is 0.254 e. The average Bonchev–Trinajstić information content (AvgIpc) is 3.04. The molecule has 0 atom stereocenters. The summed E-state index contributed by atoms with van der Waals surface area (Å²) in [6, 6.07) is 5.14. The topological polar surface area (TPSA) is 120 Å². The van der Waals surface area contributed by atoms with Crippen molar-refractivity contribution in [1.29, 1.82) is 0 Å². The molecule has 130 valence electrons. The summed E-state index contributed by atoms with van der Waals surface area (Å²) < 4.78 is 7.11. The number of aromatic hydroxyl groups is 1. The first-order chi connectivity index (χ1) is 11.7. The summed E-state index contributed by atoms with van der Waals surface area (Å²) in [5.74, 6) is 0.669. The van der Waals surface area contributed by atoms with E-state index in [9.17, 15) is 9.90 Å². The predicted octanol–water partition coefficient (Wildman–Crippen LogP) is 2.75. The van der Waals surface area contributed by atoms with Gasteiger partial charge in [-0.2, -0.15) is 5.10 Å². The summed E-state index contributed by atoms with van der Waals surface area (Å²) in [7, 11) is 0. The molecule has 7 nitrogen and oxygen atoms in total. The van der Waals surface area contributed by atoms with Crippen LogP contribution in [0.4, 0.5) is 5.82 Å². The van der Waals surface area contributed by atoms with Crippen LogP contribution < -0.4 is 11.5 Å². The highest BCUT2D eigenvalue weighted by Crippen LogP contribution is 2.34. The van der Waals surface area contributed by atoms with Gasteiger partial charge in [0.25, 0.3) is 5.91 Å². The number of carbonyl (C=O) groups excluding carboxylic acids is 1. The Morgan fingerprint density at radius 1 is 1.20 bits per heavy atom. The molecule has 0 unspecified atom stereocenters. The number of anilines is 1. The van der Waals surface area contributed by atoms with Gasteiger partial charge in [-0.05, 0) is 51.0 Å². The SMILES string of the molecule is Cc1cc(-c2nn(-c3c(C)ccc(O)c3C)c(N)c2C(N)=O)oc1C. The molecule has 0 bridgehead atoms. The van der Waals surface area contributed by atoms with Crippen LogP contribution in [-0.4, -0.2) is 20.8 Å². The van der Waals surface area contributed by atoms with Gasteiger partial charge in [0.15, 0.2) is 5.76 Å². The lowest BCUT2D eigenvalue weighted by Gasteiger charge is -2.12. The lowest BCUT2D eigenvalue weighted by molar-refractivity contribution is 0.100. The Morgan fingerprint density at radius 3 is 2.44 bits per heavy atom. The van der Waals surface area contributed by atoms with Crippen LogP contribution in [0, 0.1) is 27.7 Å². The van der Waals surface area contributed by atoms with Crippen LogP contribution in [-0.2, 0) is 0 Å². The van der Waals surface area contributed by atoms with E-state index in [1.807, 2.05) is 20.8 Å². The fourth-order valence-electron chi connectivity index (χ4n) is 2.86. The molecule has 0 aliphatic heterocycles. The van der Waals surface area contributed by atoms with Crippen molar-refractivity contribution in [3.63, 3.8) is 0 Å². The highest BCUT2D eigenvalue weighted by atomic mass is 16.3. The van der Waals surface area contributed by atoms with E-state index in [1.165, 1.54) is 4.68 Å². The van der Waals surface area contributed by atoms with Crippen molar-refractivity contribution >= 4 is 11.7 Å². The molecular formula is C18H20N4O3. The molecule has 2 aromatic heterocycles. The van der Waals surface area contributed by atoms with Gasteiger partial charge in [-0.15, -0.1) is 0 Å². The van der Waals surface area contributed by atoms with Gasteiger partial charge in [-0.3, -0.25) is 4.79 Å². The number of aryl methyl sites for hydroxylation is 3. The average molecular weight is 340 g/mol. The summed E-state index contributed by atoms with van der Waals surface area (Å²) in [5.41, 5.74) is 15.1. The van der Waals surface area contributed by atoms with E-state index in [0.29, 0.717) is 17.0 Å². The molecule has 3 aromatic rings. The van der Waals surface area contributed by atoms with E-state index in [4.69, 9.17) is 15.9 Å². The van der Waals surface area contributed by atoms with Crippen LogP contribution in [0.15, 0.2) is 22.6 Å². The van der Waals surface area contributed by atoms with Crippen molar-refractivity contribution in [2.24, 2.45) is 5.73 Å². The Labute approximate surface area is 144 Å². The van der Waals surface area contributed by atoms with Gasteiger partial charge in [0.1, 0.15) is 28.6 Å². The normalized spacial score (nSPS) is 11.0. The van der Waals surface area contributed by atoms with Crippen molar-refractivity contribution in [2.75, 3.05) is 5.73 Å². The minimum atomic E-state index is -0.694. The van der Waals surface area contributed by atoms with E-state index in [2.05, 4.69) is 5.10 Å². The van der Waals surface area contributed by atoms with Gasteiger partial charge in [0.05, 0.1) is 5.69 Å². The van der Waals surface area contributed by atoms with Crippen molar-refractivity contribution in [1.82, 2.24) is 9.78 Å². The molecule has 0 aliphatic rings. The third kappa shape index (κ3) is 2.53. The summed E-state index contributed by atoms with van der Waals surface area (Å²) in [4.78, 5) is 12.0. The van der Waals surface area contributed by atoms with Crippen LogP contribution in [0.5, 0.6) is 5.75 Å². The molecular weight excluding hydrogens is 320 g/mol. The van der Waals surface area contributed by atoms with E-state index in [0.717, 1.165) is 16.9 Å². The standard InChI is InChI=1S/C18H20N4O3/c1-8-5-6-12(23)10(3)16(8)22-17(19)14(18(20)24)15(21-22)13-7-9(2)11(4)25-13/h5-7,23H,19H2,1-4H3,(H2,20,24). The van der Waals surface area contributed by atoms with Gasteiger partial charge in [-0.1, -0.05) is 6.07 Å². The number of benzene rings is 1. The zero-order valence-electron chi connectivity index (χ0n) is 14.5. The van der Waals surface area contributed by atoms with Crippen LogP contribution in [0.25, 0.3) is 17.1 Å². The maximum Gasteiger partial charge on any atom is 0.254 e. The molecule has 0 radical (unpaired) electrons. The number of hydrogen-bond donors (Lipinski definition) is 3. The number of amides is 1. The number of carbonyl (C=O) groups is 1. The first-order valence-electron chi connectivity index (χ1n) is 7.77. The molecule has 25 heavy (non-hydrogen) atoms. The third-order valence-corrected chi connectivity index (χ3v) is 4.38. The van der Waals surface area contributed by atoms with Crippen LogP contribution in [0.3, 0.4) is 0 Å². The van der Waals surface area contributed by atoms with E-state index < -0.39 is 5.91 Å². The molecule has 0 saturated heterocycles. The first-order valence-corrected chi connectivity index (χ1v) is 7.77. The summed E-state index contributed by atoms with van der Waals surface area (Å²) >= 11 is 0. The zero-order chi connectivity index (χ0) is 18.5. The van der Waals surface area contributed by atoms with Gasteiger partial charge < -0.3 is 21.0 Å². The Balaban J connectivity index is 2.33. The Hall–Kier alpha value is -3.22. The van der Waals surface area contributed by atoms with Crippen molar-refractivity contribution < 1.29 is 14.3 Å². The number of primary amides is 1. The Morgan fingerprint density at radius 2 is 1.88 bits per heavy atom. The molecule has 1 aromatic carbocycles. The number of nitrogens with zero attached hydrogens (tertiary/aromatic N) is 2. The molecule has 1 amide bonds. The fourth-order valence-corrected chi connectivity index (χ4v) is 2.86. The van der Waals surface area contributed by atoms with Gasteiger partial charge in [0, 0.05) is 5.56 Å². The molecule has 0 saturated carbocycles. The number of phenols is 1. The minimum Gasteiger partial charge on any atom is -0.508 e. The lowest BCUT2D eigenvalue weighted by atomic mass is 10.1. The predicted molar refractivity (Wildman–Crippen MR) is 94.8 cm³/mol. The van der Waals surface area contributed by atoms with Crippen molar-refractivity contribution in [3.05, 3.63) is 46.2 Å². The maximum atomic E-state index is 12.0.